The number of carbonyl (C=O) groups excluding carboxylic acids is 2. The van der Waals surface area contributed by atoms with E-state index in [1.54, 1.807) is 36.4 Å². The maximum atomic E-state index is 12.1. The minimum atomic E-state index is -0.707. The smallest absolute Gasteiger partial charge is 0.344 e. The molecule has 7 nitrogen and oxygen atoms in total. The summed E-state index contributed by atoms with van der Waals surface area (Å²) >= 11 is 0. The van der Waals surface area contributed by atoms with E-state index >= 15 is 0 Å². The molecule has 7 heteroatoms. The van der Waals surface area contributed by atoms with Crippen LogP contribution in [0.15, 0.2) is 42.5 Å². The number of hydrogen-bond donors (Lipinski definition) is 0. The lowest BCUT2D eigenvalue weighted by atomic mass is 10.1. The highest BCUT2D eigenvalue weighted by Crippen LogP contribution is 2.32. The normalized spacial score (nSPS) is 11.5. The molecule has 0 spiro atoms. The van der Waals surface area contributed by atoms with E-state index in [1.165, 1.54) is 6.07 Å². The molecule has 2 aromatic rings. The van der Waals surface area contributed by atoms with E-state index < -0.39 is 19.2 Å². The lowest BCUT2D eigenvalue weighted by Crippen LogP contribution is -2.19. The molecule has 0 saturated heterocycles. The third-order valence-corrected chi connectivity index (χ3v) is 3.41. The number of ether oxygens (including phenoxy) is 4. The molecule has 1 heterocycles. The molecule has 126 valence electrons. The molecule has 0 fully saturated rings. The largest absolute Gasteiger partial charge is 0.481 e. The SMILES string of the molecule is N#Cc1ccccc1OCC(=O)OCC(=O)c1ccc2c(c1)OCO2. The highest BCUT2D eigenvalue weighted by molar-refractivity contribution is 5.98. The Morgan fingerprint density at radius 3 is 2.72 bits per heavy atom. The minimum Gasteiger partial charge on any atom is -0.481 e. The molecule has 0 aliphatic carbocycles. The number of Topliss-reactive ketones (excluding diaryl/α,β-unsaturated/α-hetero) is 1. The maximum absolute atomic E-state index is 12.1. The topological polar surface area (TPSA) is 94.8 Å². The van der Waals surface area contributed by atoms with Gasteiger partial charge in [-0.2, -0.15) is 5.26 Å². The molecule has 0 N–H and O–H groups in total. The van der Waals surface area contributed by atoms with Gasteiger partial charge in [-0.15, -0.1) is 0 Å². The van der Waals surface area contributed by atoms with Crippen molar-refractivity contribution in [2.24, 2.45) is 0 Å². The van der Waals surface area contributed by atoms with E-state index in [4.69, 9.17) is 24.2 Å². The molecule has 1 aliphatic heterocycles. The van der Waals surface area contributed by atoms with Gasteiger partial charge < -0.3 is 18.9 Å². The van der Waals surface area contributed by atoms with E-state index in [0.29, 0.717) is 22.6 Å². The monoisotopic (exact) mass is 339 g/mol. The van der Waals surface area contributed by atoms with Gasteiger partial charge in [0.15, 0.2) is 30.5 Å². The Hall–Kier alpha value is -3.53. The molecule has 0 atom stereocenters. The van der Waals surface area contributed by atoms with Crippen LogP contribution in [-0.2, 0) is 9.53 Å². The predicted molar refractivity (Wildman–Crippen MR) is 84.5 cm³/mol. The van der Waals surface area contributed by atoms with Crippen molar-refractivity contribution in [3.8, 4) is 23.3 Å². The van der Waals surface area contributed by atoms with Gasteiger partial charge in [-0.1, -0.05) is 12.1 Å². The molecule has 0 radical (unpaired) electrons. The molecule has 3 rings (SSSR count). The van der Waals surface area contributed by atoms with E-state index in [-0.39, 0.29) is 18.3 Å². The molecule has 0 saturated carbocycles. The van der Waals surface area contributed by atoms with Crippen molar-refractivity contribution in [3.63, 3.8) is 0 Å². The number of nitrogens with zero attached hydrogens (tertiary/aromatic N) is 1. The van der Waals surface area contributed by atoms with E-state index in [9.17, 15) is 9.59 Å². The van der Waals surface area contributed by atoms with Gasteiger partial charge in [0.05, 0.1) is 5.56 Å². The lowest BCUT2D eigenvalue weighted by molar-refractivity contribution is -0.144. The lowest BCUT2D eigenvalue weighted by Gasteiger charge is -2.08. The van der Waals surface area contributed by atoms with Gasteiger partial charge in [-0.05, 0) is 30.3 Å². The Labute approximate surface area is 143 Å². The van der Waals surface area contributed by atoms with E-state index in [1.807, 2.05) is 6.07 Å². The summed E-state index contributed by atoms with van der Waals surface area (Å²) in [5.41, 5.74) is 0.666. The van der Waals surface area contributed by atoms with Crippen LogP contribution in [-0.4, -0.2) is 31.8 Å². The summed E-state index contributed by atoms with van der Waals surface area (Å²) in [6.07, 6.45) is 0. The van der Waals surface area contributed by atoms with Crippen molar-refractivity contribution < 1.29 is 28.5 Å². The fraction of sp³-hybridized carbons (Fsp3) is 0.167. The Morgan fingerprint density at radius 2 is 1.88 bits per heavy atom. The van der Waals surface area contributed by atoms with Crippen LogP contribution in [0.1, 0.15) is 15.9 Å². The third-order valence-electron chi connectivity index (χ3n) is 3.41. The number of carbonyl (C=O) groups is 2. The Balaban J connectivity index is 1.50. The zero-order valence-corrected chi connectivity index (χ0v) is 13.1. The Kier molecular flexibility index (Phi) is 4.81. The van der Waals surface area contributed by atoms with Crippen molar-refractivity contribution >= 4 is 11.8 Å². The van der Waals surface area contributed by atoms with Gasteiger partial charge in [0.2, 0.25) is 6.79 Å². The number of nitriles is 1. The molecule has 0 unspecified atom stereocenters. The Morgan fingerprint density at radius 1 is 1.08 bits per heavy atom. The average Bonchev–Trinajstić information content (AvgIpc) is 3.12. The number of para-hydroxylation sites is 1. The first-order chi connectivity index (χ1) is 12.2. The van der Waals surface area contributed by atoms with Crippen molar-refractivity contribution in [2.45, 2.75) is 0 Å². The number of hydrogen-bond acceptors (Lipinski definition) is 7. The molecular weight excluding hydrogens is 326 g/mol. The van der Waals surface area contributed by atoms with Crippen LogP contribution < -0.4 is 14.2 Å². The van der Waals surface area contributed by atoms with Crippen LogP contribution in [0.4, 0.5) is 0 Å². The number of ketones is 1. The number of esters is 1. The van der Waals surface area contributed by atoms with E-state index in [2.05, 4.69) is 0 Å². The number of fused-ring (bicyclic) bond motifs is 1. The van der Waals surface area contributed by atoms with Crippen molar-refractivity contribution in [2.75, 3.05) is 20.0 Å². The summed E-state index contributed by atoms with van der Waals surface area (Å²) in [4.78, 5) is 23.8. The first-order valence-electron chi connectivity index (χ1n) is 7.38. The minimum absolute atomic E-state index is 0.115. The van der Waals surface area contributed by atoms with E-state index in [0.717, 1.165) is 0 Å². The molecule has 1 aliphatic rings. The van der Waals surface area contributed by atoms with Gasteiger partial charge >= 0.3 is 5.97 Å². The van der Waals surface area contributed by atoms with Gasteiger partial charge in [0, 0.05) is 5.56 Å². The van der Waals surface area contributed by atoms with Crippen LogP contribution in [0.25, 0.3) is 0 Å². The second-order valence-corrected chi connectivity index (χ2v) is 5.05. The first-order valence-corrected chi connectivity index (χ1v) is 7.38. The highest BCUT2D eigenvalue weighted by Gasteiger charge is 2.17. The summed E-state index contributed by atoms with van der Waals surface area (Å²) in [7, 11) is 0. The second kappa shape index (κ2) is 7.36. The summed E-state index contributed by atoms with van der Waals surface area (Å²) in [5, 5.41) is 8.94. The molecule has 2 aromatic carbocycles. The fourth-order valence-corrected chi connectivity index (χ4v) is 2.16. The van der Waals surface area contributed by atoms with Crippen molar-refractivity contribution in [3.05, 3.63) is 53.6 Å². The predicted octanol–water partition coefficient (Wildman–Crippen LogP) is 2.09. The summed E-state index contributed by atoms with van der Waals surface area (Å²) in [5.74, 6) is 0.252. The standard InChI is InChI=1S/C18H13NO6/c19-8-13-3-1-2-4-15(13)22-10-18(21)23-9-14(20)12-5-6-16-17(7-12)25-11-24-16/h1-7H,9-11H2. The van der Waals surface area contributed by atoms with Crippen LogP contribution in [0.2, 0.25) is 0 Å². The zero-order chi connectivity index (χ0) is 17.6. The Bertz CT molecular complexity index is 855. The van der Waals surface area contributed by atoms with Crippen molar-refractivity contribution in [1.82, 2.24) is 0 Å². The van der Waals surface area contributed by atoms with Crippen LogP contribution in [0.5, 0.6) is 17.2 Å². The van der Waals surface area contributed by atoms with Crippen LogP contribution >= 0.6 is 0 Å². The van der Waals surface area contributed by atoms with Crippen LogP contribution in [0, 0.1) is 11.3 Å². The maximum Gasteiger partial charge on any atom is 0.344 e. The molecular formula is C18H13NO6. The molecule has 0 bridgehead atoms. The third kappa shape index (κ3) is 3.87. The van der Waals surface area contributed by atoms with Gasteiger partial charge in [-0.25, -0.2) is 4.79 Å². The van der Waals surface area contributed by atoms with Crippen molar-refractivity contribution in [1.29, 1.82) is 5.26 Å². The molecule has 0 aromatic heterocycles. The first kappa shape index (κ1) is 16.3. The average molecular weight is 339 g/mol. The fourth-order valence-electron chi connectivity index (χ4n) is 2.16. The van der Waals surface area contributed by atoms with Gasteiger partial charge in [0.25, 0.3) is 0 Å². The molecule has 0 amide bonds. The van der Waals surface area contributed by atoms with Gasteiger partial charge in [-0.3, -0.25) is 4.79 Å². The quantitative estimate of drug-likeness (QED) is 0.587. The molecule has 25 heavy (non-hydrogen) atoms. The van der Waals surface area contributed by atoms with Crippen LogP contribution in [0.3, 0.4) is 0 Å². The van der Waals surface area contributed by atoms with Gasteiger partial charge in [0.1, 0.15) is 11.8 Å². The second-order valence-electron chi connectivity index (χ2n) is 5.05. The highest BCUT2D eigenvalue weighted by atomic mass is 16.7. The number of rotatable bonds is 6. The number of benzene rings is 2. The summed E-state index contributed by atoms with van der Waals surface area (Å²) in [6, 6.07) is 13.2. The summed E-state index contributed by atoms with van der Waals surface area (Å²) in [6.45, 7) is -0.696. The summed E-state index contributed by atoms with van der Waals surface area (Å²) < 4.78 is 20.5. The zero-order valence-electron chi connectivity index (χ0n) is 13.1.